The van der Waals surface area contributed by atoms with Crippen LogP contribution in [0.1, 0.15) is 89.0 Å². The van der Waals surface area contributed by atoms with E-state index in [0.29, 0.717) is 11.3 Å². The summed E-state index contributed by atoms with van der Waals surface area (Å²) in [6, 6.07) is 14.7. The summed E-state index contributed by atoms with van der Waals surface area (Å²) < 4.78 is 0. The Bertz CT molecular complexity index is 979. The fourth-order valence-electron chi connectivity index (χ4n) is 5.52. The van der Waals surface area contributed by atoms with E-state index >= 15 is 0 Å². The molecule has 0 heterocycles. The minimum absolute atomic E-state index is 0.171. The summed E-state index contributed by atoms with van der Waals surface area (Å²) in [6.07, 6.45) is 10.8. The molecule has 0 amide bonds. The van der Waals surface area contributed by atoms with Crippen LogP contribution in [0.5, 0.6) is 0 Å². The van der Waals surface area contributed by atoms with Crippen molar-refractivity contribution >= 4 is 0 Å². The Hall–Kier alpha value is -2.08. The number of hydrogen-bond acceptors (Lipinski definition) is 0. The number of benzene rings is 2. The van der Waals surface area contributed by atoms with Crippen molar-refractivity contribution in [2.75, 3.05) is 0 Å². The van der Waals surface area contributed by atoms with E-state index in [1.807, 2.05) is 0 Å². The summed E-state index contributed by atoms with van der Waals surface area (Å²) in [5.74, 6) is 0.515. The molecule has 0 heteroatoms. The minimum Gasteiger partial charge on any atom is -0.0804 e. The lowest BCUT2D eigenvalue weighted by Crippen LogP contribution is -2.16. The Morgan fingerprint density at radius 2 is 1.28 bits per heavy atom. The summed E-state index contributed by atoms with van der Waals surface area (Å²) in [7, 11) is 0. The van der Waals surface area contributed by atoms with Gasteiger partial charge in [-0.3, -0.25) is 0 Å². The van der Waals surface area contributed by atoms with Gasteiger partial charge in [-0.1, -0.05) is 102 Å². The van der Waals surface area contributed by atoms with Crippen molar-refractivity contribution in [1.82, 2.24) is 0 Å². The summed E-state index contributed by atoms with van der Waals surface area (Å²) >= 11 is 0. The number of hydrogen-bond donors (Lipinski definition) is 0. The first kappa shape index (κ1) is 18.9. The first-order valence-electron chi connectivity index (χ1n) is 11.3. The third-order valence-corrected chi connectivity index (χ3v) is 7.50. The Balaban J connectivity index is 1.72. The molecular weight excluding hydrogens is 348 g/mol. The van der Waals surface area contributed by atoms with Gasteiger partial charge >= 0.3 is 0 Å². The lowest BCUT2D eigenvalue weighted by Gasteiger charge is -2.28. The van der Waals surface area contributed by atoms with Gasteiger partial charge < -0.3 is 0 Å². The lowest BCUT2D eigenvalue weighted by atomic mass is 9.75. The molecule has 0 unspecified atom stereocenters. The van der Waals surface area contributed by atoms with Crippen molar-refractivity contribution in [2.45, 2.75) is 77.6 Å². The van der Waals surface area contributed by atoms with E-state index in [2.05, 4.69) is 96.2 Å². The Morgan fingerprint density at radius 1 is 0.759 bits per heavy atom. The topological polar surface area (TPSA) is 0 Å². The van der Waals surface area contributed by atoms with Crippen LogP contribution in [0, 0.1) is 5.41 Å². The molecule has 1 fully saturated rings. The SMILES string of the molecule is CC(C)(C)c1ccc2c(c1)-c1cc(C(C)(C)C)ccc1C2C1(C2=CC=CC2)CC1. The second-order valence-electron chi connectivity index (χ2n) is 11.5. The van der Waals surface area contributed by atoms with Crippen LogP contribution in [-0.2, 0) is 10.8 Å². The zero-order chi connectivity index (χ0) is 20.6. The molecule has 2 aromatic carbocycles. The van der Waals surface area contributed by atoms with Gasteiger partial charge in [0.15, 0.2) is 0 Å². The van der Waals surface area contributed by atoms with Crippen molar-refractivity contribution in [3.63, 3.8) is 0 Å². The molecule has 0 saturated heterocycles. The van der Waals surface area contributed by atoms with E-state index in [9.17, 15) is 0 Å². The van der Waals surface area contributed by atoms with Crippen molar-refractivity contribution in [2.24, 2.45) is 5.41 Å². The van der Waals surface area contributed by atoms with E-state index < -0.39 is 0 Å². The molecule has 0 radical (unpaired) electrons. The van der Waals surface area contributed by atoms with Gasteiger partial charge in [0.25, 0.3) is 0 Å². The summed E-state index contributed by atoms with van der Waals surface area (Å²) in [4.78, 5) is 0. The van der Waals surface area contributed by atoms with Crippen LogP contribution >= 0.6 is 0 Å². The molecule has 0 aromatic heterocycles. The standard InChI is InChI=1S/C29H34/c1-27(2,3)20-11-13-22-24(17-20)25-18-21(28(4,5)6)12-14-23(25)26(22)29(15-16-29)19-9-7-8-10-19/h7-9,11-14,17-18,26H,10,15-16H2,1-6H3. The molecule has 0 spiro atoms. The van der Waals surface area contributed by atoms with Crippen LogP contribution in [0.15, 0.2) is 60.2 Å². The molecule has 29 heavy (non-hydrogen) atoms. The van der Waals surface area contributed by atoms with Crippen molar-refractivity contribution in [1.29, 1.82) is 0 Å². The van der Waals surface area contributed by atoms with Crippen LogP contribution in [0.4, 0.5) is 0 Å². The van der Waals surface area contributed by atoms with E-state index in [1.54, 1.807) is 16.7 Å². The van der Waals surface area contributed by atoms with Gasteiger partial charge in [0, 0.05) is 11.3 Å². The van der Waals surface area contributed by atoms with Crippen molar-refractivity contribution in [3.8, 4) is 11.1 Å². The molecule has 2 aromatic rings. The Morgan fingerprint density at radius 3 is 1.66 bits per heavy atom. The fraction of sp³-hybridized carbons (Fsp3) is 0.448. The average Bonchev–Trinajstić information content (AvgIpc) is 3.13. The quantitative estimate of drug-likeness (QED) is 0.492. The molecule has 0 aliphatic heterocycles. The molecule has 150 valence electrons. The second kappa shape index (κ2) is 5.97. The maximum atomic E-state index is 2.50. The van der Waals surface area contributed by atoms with E-state index in [-0.39, 0.29) is 10.8 Å². The molecule has 0 bridgehead atoms. The van der Waals surface area contributed by atoms with Gasteiger partial charge in [0.2, 0.25) is 0 Å². The minimum atomic E-state index is 0.171. The van der Waals surface area contributed by atoms with Crippen LogP contribution in [0.2, 0.25) is 0 Å². The predicted octanol–water partition coefficient (Wildman–Crippen LogP) is 8.06. The molecule has 0 atom stereocenters. The Kier molecular flexibility index (Phi) is 3.90. The van der Waals surface area contributed by atoms with Gasteiger partial charge in [-0.25, -0.2) is 0 Å². The van der Waals surface area contributed by atoms with Crippen LogP contribution in [0.25, 0.3) is 11.1 Å². The molecule has 0 N–H and O–H groups in total. The highest BCUT2D eigenvalue weighted by atomic mass is 14.6. The normalized spacial score (nSPS) is 19.9. The van der Waals surface area contributed by atoms with Gasteiger partial charge in [-0.2, -0.15) is 0 Å². The second-order valence-corrected chi connectivity index (χ2v) is 11.5. The average molecular weight is 383 g/mol. The van der Waals surface area contributed by atoms with E-state index in [4.69, 9.17) is 0 Å². The zero-order valence-corrected chi connectivity index (χ0v) is 18.9. The van der Waals surface area contributed by atoms with Gasteiger partial charge in [-0.05, 0) is 63.5 Å². The fourth-order valence-corrected chi connectivity index (χ4v) is 5.52. The van der Waals surface area contributed by atoms with Gasteiger partial charge in [0.05, 0.1) is 0 Å². The Labute approximate surface area is 176 Å². The lowest BCUT2D eigenvalue weighted by molar-refractivity contribution is 0.525. The van der Waals surface area contributed by atoms with Crippen LogP contribution in [0.3, 0.4) is 0 Å². The van der Waals surface area contributed by atoms with Gasteiger partial charge in [-0.15, -0.1) is 0 Å². The maximum absolute atomic E-state index is 2.50. The molecule has 1 saturated carbocycles. The third-order valence-electron chi connectivity index (χ3n) is 7.50. The number of allylic oxidation sites excluding steroid dienone is 4. The molecular formula is C29H34. The highest BCUT2D eigenvalue weighted by Gasteiger charge is 2.55. The highest BCUT2D eigenvalue weighted by molar-refractivity contribution is 5.81. The van der Waals surface area contributed by atoms with Crippen LogP contribution in [-0.4, -0.2) is 0 Å². The first-order chi connectivity index (χ1) is 13.6. The van der Waals surface area contributed by atoms with E-state index in [1.165, 1.54) is 35.1 Å². The smallest absolute Gasteiger partial charge is 0.0196 e. The summed E-state index contributed by atoms with van der Waals surface area (Å²) in [5.41, 5.74) is 11.3. The van der Waals surface area contributed by atoms with Crippen molar-refractivity contribution in [3.05, 3.63) is 82.5 Å². The predicted molar refractivity (Wildman–Crippen MR) is 125 cm³/mol. The highest BCUT2D eigenvalue weighted by Crippen LogP contribution is 2.68. The molecule has 3 aliphatic carbocycles. The van der Waals surface area contributed by atoms with E-state index in [0.717, 1.165) is 6.42 Å². The first-order valence-corrected chi connectivity index (χ1v) is 11.3. The molecule has 0 nitrogen and oxygen atoms in total. The van der Waals surface area contributed by atoms with Crippen molar-refractivity contribution < 1.29 is 0 Å². The monoisotopic (exact) mass is 382 g/mol. The van der Waals surface area contributed by atoms with Gasteiger partial charge in [0.1, 0.15) is 0 Å². The maximum Gasteiger partial charge on any atom is 0.0196 e. The zero-order valence-electron chi connectivity index (χ0n) is 18.9. The molecule has 3 aliphatic rings. The molecule has 5 rings (SSSR count). The largest absolute Gasteiger partial charge is 0.0804 e. The summed E-state index contributed by atoms with van der Waals surface area (Å²) in [5, 5.41) is 0. The number of fused-ring (bicyclic) bond motifs is 3. The summed E-state index contributed by atoms with van der Waals surface area (Å²) in [6.45, 7) is 13.9. The third kappa shape index (κ3) is 2.87. The number of rotatable bonds is 2. The van der Waals surface area contributed by atoms with Crippen LogP contribution < -0.4 is 0 Å².